The van der Waals surface area contributed by atoms with E-state index in [4.69, 9.17) is 9.47 Å². The first-order valence-electron chi connectivity index (χ1n) is 7.68. The quantitative estimate of drug-likeness (QED) is 0.848. The Balaban J connectivity index is 1.90. The van der Waals surface area contributed by atoms with Gasteiger partial charge in [0, 0.05) is 0 Å². The Labute approximate surface area is 137 Å². The van der Waals surface area contributed by atoms with E-state index >= 15 is 0 Å². The van der Waals surface area contributed by atoms with Crippen molar-refractivity contribution in [3.05, 3.63) is 35.9 Å². The normalized spacial score (nSPS) is 18.3. The predicted molar refractivity (Wildman–Crippen MR) is 90.8 cm³/mol. The van der Waals surface area contributed by atoms with E-state index in [1.807, 2.05) is 18.2 Å². The molecule has 0 fully saturated rings. The molecule has 0 aromatic heterocycles. The Kier molecular flexibility index (Phi) is 5.42. The molecule has 0 saturated heterocycles. The smallest absolute Gasteiger partial charge is 0.277 e. The highest BCUT2D eigenvalue weighted by Crippen LogP contribution is 2.33. The number of rotatable bonds is 5. The van der Waals surface area contributed by atoms with Crippen molar-refractivity contribution >= 4 is 11.6 Å². The zero-order valence-corrected chi connectivity index (χ0v) is 14.2. The molecule has 0 atom stereocenters. The Morgan fingerprint density at radius 2 is 1.96 bits per heavy atom. The van der Waals surface area contributed by atoms with Crippen LogP contribution in [0, 0.1) is 5.41 Å². The summed E-state index contributed by atoms with van der Waals surface area (Å²) < 4.78 is 10.6. The maximum absolute atomic E-state index is 11.9. The van der Waals surface area contributed by atoms with Crippen LogP contribution >= 0.6 is 0 Å². The standard InChI is InChI=1S/C18H24N2O3/c1-13-9-14(11-18(2,3)10-13)19-20-17(21)12-23-16-8-6-5-7-15(16)22-4/h5-9H,10-12H2,1-4H3,(H,20,21)/b19-14+. The number of allylic oxidation sites excluding steroid dienone is 2. The van der Waals surface area contributed by atoms with Crippen LogP contribution in [0.1, 0.15) is 33.6 Å². The van der Waals surface area contributed by atoms with E-state index in [9.17, 15) is 4.79 Å². The zero-order chi connectivity index (χ0) is 16.9. The van der Waals surface area contributed by atoms with Gasteiger partial charge in [-0.05, 0) is 43.4 Å². The second-order valence-electron chi connectivity index (χ2n) is 6.59. The lowest BCUT2D eigenvalue weighted by molar-refractivity contribution is -0.123. The molecule has 0 radical (unpaired) electrons. The zero-order valence-electron chi connectivity index (χ0n) is 14.2. The molecule has 1 aromatic rings. The summed E-state index contributed by atoms with van der Waals surface area (Å²) in [6, 6.07) is 7.21. The van der Waals surface area contributed by atoms with Crippen molar-refractivity contribution < 1.29 is 14.3 Å². The lowest BCUT2D eigenvalue weighted by Crippen LogP contribution is -2.28. The first-order chi connectivity index (χ1) is 10.9. The molecular weight excluding hydrogens is 292 g/mol. The summed E-state index contributed by atoms with van der Waals surface area (Å²) in [5, 5.41) is 4.21. The van der Waals surface area contributed by atoms with Gasteiger partial charge in [-0.1, -0.05) is 31.6 Å². The minimum absolute atomic E-state index is 0.108. The molecule has 0 unspecified atom stereocenters. The van der Waals surface area contributed by atoms with Crippen molar-refractivity contribution in [2.24, 2.45) is 10.5 Å². The monoisotopic (exact) mass is 316 g/mol. The summed E-state index contributed by atoms with van der Waals surface area (Å²) in [4.78, 5) is 11.9. The van der Waals surface area contributed by atoms with E-state index in [1.54, 1.807) is 19.2 Å². The molecule has 0 heterocycles. The van der Waals surface area contributed by atoms with Gasteiger partial charge in [0.05, 0.1) is 12.8 Å². The number of carbonyl (C=O) groups is 1. The van der Waals surface area contributed by atoms with Crippen LogP contribution in [0.3, 0.4) is 0 Å². The minimum Gasteiger partial charge on any atom is -0.493 e. The fourth-order valence-corrected chi connectivity index (χ4v) is 2.81. The third-order valence-corrected chi connectivity index (χ3v) is 3.58. The Morgan fingerprint density at radius 3 is 2.61 bits per heavy atom. The van der Waals surface area contributed by atoms with E-state index < -0.39 is 0 Å². The van der Waals surface area contributed by atoms with Crippen LogP contribution in [-0.4, -0.2) is 25.3 Å². The number of nitrogens with one attached hydrogen (secondary N) is 1. The highest BCUT2D eigenvalue weighted by Gasteiger charge is 2.24. The van der Waals surface area contributed by atoms with Crippen LogP contribution in [0.5, 0.6) is 11.5 Å². The largest absolute Gasteiger partial charge is 0.493 e. The summed E-state index contributed by atoms with van der Waals surface area (Å²) in [6.07, 6.45) is 3.93. The summed E-state index contributed by atoms with van der Waals surface area (Å²) in [5.41, 5.74) is 4.90. The predicted octanol–water partition coefficient (Wildman–Crippen LogP) is 3.31. The van der Waals surface area contributed by atoms with Crippen LogP contribution in [0.15, 0.2) is 41.0 Å². The fourth-order valence-electron chi connectivity index (χ4n) is 2.81. The number of para-hydroxylation sites is 2. The molecule has 2 rings (SSSR count). The molecule has 1 aromatic carbocycles. The molecule has 1 amide bonds. The van der Waals surface area contributed by atoms with E-state index in [1.165, 1.54) is 5.57 Å². The van der Waals surface area contributed by atoms with E-state index in [0.717, 1.165) is 18.6 Å². The number of ether oxygens (including phenoxy) is 2. The SMILES string of the molecule is COc1ccccc1OCC(=O)N/N=C1\C=C(C)CC(C)(C)C1. The number of hydrogen-bond donors (Lipinski definition) is 1. The van der Waals surface area contributed by atoms with Gasteiger partial charge in [-0.3, -0.25) is 4.79 Å². The average molecular weight is 316 g/mol. The van der Waals surface area contributed by atoms with Crippen molar-refractivity contribution in [3.8, 4) is 11.5 Å². The second kappa shape index (κ2) is 7.31. The maximum Gasteiger partial charge on any atom is 0.277 e. The van der Waals surface area contributed by atoms with Gasteiger partial charge in [-0.2, -0.15) is 5.10 Å². The number of hydrogen-bond acceptors (Lipinski definition) is 4. The Bertz CT molecular complexity index is 633. The second-order valence-corrected chi connectivity index (χ2v) is 6.59. The van der Waals surface area contributed by atoms with Crippen molar-refractivity contribution in [1.82, 2.24) is 5.43 Å². The molecule has 5 nitrogen and oxygen atoms in total. The maximum atomic E-state index is 11.9. The van der Waals surface area contributed by atoms with Crippen LogP contribution in [-0.2, 0) is 4.79 Å². The summed E-state index contributed by atoms with van der Waals surface area (Å²) in [7, 11) is 1.56. The number of hydrazone groups is 1. The minimum atomic E-state index is -0.294. The number of methoxy groups -OCH3 is 1. The highest BCUT2D eigenvalue weighted by molar-refractivity contribution is 5.97. The summed E-state index contributed by atoms with van der Waals surface area (Å²) in [5.74, 6) is 0.837. The molecule has 5 heteroatoms. The van der Waals surface area contributed by atoms with E-state index in [2.05, 4.69) is 31.3 Å². The van der Waals surface area contributed by atoms with Crippen molar-refractivity contribution in [1.29, 1.82) is 0 Å². The third-order valence-electron chi connectivity index (χ3n) is 3.58. The molecule has 0 saturated carbocycles. The average Bonchev–Trinajstić information content (AvgIpc) is 2.49. The molecule has 1 N–H and O–H groups in total. The van der Waals surface area contributed by atoms with Gasteiger partial charge < -0.3 is 9.47 Å². The van der Waals surface area contributed by atoms with Gasteiger partial charge in [-0.25, -0.2) is 5.43 Å². The molecule has 0 spiro atoms. The summed E-state index contributed by atoms with van der Waals surface area (Å²) >= 11 is 0. The van der Waals surface area contributed by atoms with Crippen molar-refractivity contribution in [2.45, 2.75) is 33.6 Å². The lowest BCUT2D eigenvalue weighted by atomic mass is 9.77. The summed E-state index contributed by atoms with van der Waals surface area (Å²) in [6.45, 7) is 6.38. The van der Waals surface area contributed by atoms with Gasteiger partial charge in [0.25, 0.3) is 5.91 Å². The Hall–Kier alpha value is -2.30. The Morgan fingerprint density at radius 1 is 1.26 bits per heavy atom. The van der Waals surface area contributed by atoms with E-state index in [0.29, 0.717) is 11.5 Å². The van der Waals surface area contributed by atoms with Gasteiger partial charge in [0.2, 0.25) is 0 Å². The molecular formula is C18H24N2O3. The van der Waals surface area contributed by atoms with Gasteiger partial charge in [0.1, 0.15) is 0 Å². The number of carbonyl (C=O) groups excluding carboxylic acids is 1. The number of nitrogens with zero attached hydrogens (tertiary/aromatic N) is 1. The van der Waals surface area contributed by atoms with Crippen molar-refractivity contribution in [2.75, 3.05) is 13.7 Å². The number of amides is 1. The third kappa shape index (κ3) is 5.13. The number of benzene rings is 1. The van der Waals surface area contributed by atoms with Gasteiger partial charge >= 0.3 is 0 Å². The molecule has 1 aliphatic carbocycles. The molecule has 0 aliphatic heterocycles. The van der Waals surface area contributed by atoms with Crippen LogP contribution in [0.2, 0.25) is 0 Å². The van der Waals surface area contributed by atoms with Crippen LogP contribution < -0.4 is 14.9 Å². The molecule has 1 aliphatic rings. The topological polar surface area (TPSA) is 59.9 Å². The van der Waals surface area contributed by atoms with Crippen molar-refractivity contribution in [3.63, 3.8) is 0 Å². The van der Waals surface area contributed by atoms with Crippen LogP contribution in [0.4, 0.5) is 0 Å². The first-order valence-corrected chi connectivity index (χ1v) is 7.68. The molecule has 0 bridgehead atoms. The molecule has 23 heavy (non-hydrogen) atoms. The molecule has 124 valence electrons. The van der Waals surface area contributed by atoms with Crippen LogP contribution in [0.25, 0.3) is 0 Å². The highest BCUT2D eigenvalue weighted by atomic mass is 16.5. The first kappa shape index (κ1) is 17.1. The van der Waals surface area contributed by atoms with Gasteiger partial charge in [0.15, 0.2) is 18.1 Å². The van der Waals surface area contributed by atoms with E-state index in [-0.39, 0.29) is 17.9 Å². The fraction of sp³-hybridized carbons (Fsp3) is 0.444. The van der Waals surface area contributed by atoms with Gasteiger partial charge in [-0.15, -0.1) is 0 Å². The lowest BCUT2D eigenvalue weighted by Gasteiger charge is -2.29.